The standard InChI is InChI=1S/C10H20N2O3S/c1-2-16(13,14)12-9-7-10(15-8-9)3-5-11-6-4-10/h9,11-12H,2-8H2,1H3. The number of sulfonamides is 1. The van der Waals surface area contributed by atoms with Crippen molar-refractivity contribution in [3.63, 3.8) is 0 Å². The molecule has 1 unspecified atom stereocenters. The molecular weight excluding hydrogens is 228 g/mol. The maximum absolute atomic E-state index is 11.4. The van der Waals surface area contributed by atoms with Gasteiger partial charge in [0.1, 0.15) is 0 Å². The Morgan fingerprint density at radius 2 is 2.12 bits per heavy atom. The fourth-order valence-electron chi connectivity index (χ4n) is 2.49. The molecule has 2 rings (SSSR count). The van der Waals surface area contributed by atoms with Gasteiger partial charge in [0.05, 0.1) is 18.0 Å². The summed E-state index contributed by atoms with van der Waals surface area (Å²) in [5.41, 5.74) is -0.0772. The number of ether oxygens (including phenoxy) is 1. The molecule has 2 heterocycles. The minimum absolute atomic E-state index is 0.0388. The van der Waals surface area contributed by atoms with Crippen molar-refractivity contribution in [3.8, 4) is 0 Å². The molecule has 0 radical (unpaired) electrons. The van der Waals surface area contributed by atoms with Crippen LogP contribution in [0, 0.1) is 0 Å². The van der Waals surface area contributed by atoms with E-state index in [1.165, 1.54) is 0 Å². The molecule has 0 bridgehead atoms. The summed E-state index contributed by atoms with van der Waals surface area (Å²) in [5, 5.41) is 3.29. The van der Waals surface area contributed by atoms with Gasteiger partial charge in [0.15, 0.2) is 0 Å². The number of hydrogen-bond acceptors (Lipinski definition) is 4. The number of nitrogens with one attached hydrogen (secondary N) is 2. The molecule has 2 saturated heterocycles. The van der Waals surface area contributed by atoms with Crippen LogP contribution >= 0.6 is 0 Å². The summed E-state index contributed by atoms with van der Waals surface area (Å²) in [6, 6.07) is -0.0388. The summed E-state index contributed by atoms with van der Waals surface area (Å²) in [4.78, 5) is 0. The van der Waals surface area contributed by atoms with Gasteiger partial charge in [-0.05, 0) is 39.3 Å². The zero-order chi connectivity index (χ0) is 11.6. The van der Waals surface area contributed by atoms with E-state index in [4.69, 9.17) is 4.74 Å². The molecule has 0 saturated carbocycles. The van der Waals surface area contributed by atoms with Gasteiger partial charge in [-0.25, -0.2) is 13.1 Å². The molecule has 0 aromatic carbocycles. The molecule has 5 nitrogen and oxygen atoms in total. The van der Waals surface area contributed by atoms with Crippen molar-refractivity contribution in [2.45, 2.75) is 37.8 Å². The lowest BCUT2D eigenvalue weighted by Crippen LogP contribution is -2.43. The smallest absolute Gasteiger partial charge is 0.211 e. The first-order valence-electron chi connectivity index (χ1n) is 5.90. The summed E-state index contributed by atoms with van der Waals surface area (Å²) in [5.74, 6) is 0.137. The van der Waals surface area contributed by atoms with Gasteiger partial charge in [0.25, 0.3) is 0 Å². The van der Waals surface area contributed by atoms with Gasteiger partial charge >= 0.3 is 0 Å². The van der Waals surface area contributed by atoms with Crippen LogP contribution in [0.2, 0.25) is 0 Å². The fourth-order valence-corrected chi connectivity index (χ4v) is 3.31. The van der Waals surface area contributed by atoms with Crippen molar-refractivity contribution in [2.75, 3.05) is 25.4 Å². The number of rotatable bonds is 3. The molecule has 16 heavy (non-hydrogen) atoms. The molecule has 6 heteroatoms. The van der Waals surface area contributed by atoms with Gasteiger partial charge in [-0.1, -0.05) is 0 Å². The second-order valence-electron chi connectivity index (χ2n) is 4.67. The molecule has 2 aliphatic heterocycles. The van der Waals surface area contributed by atoms with Gasteiger partial charge < -0.3 is 10.1 Å². The van der Waals surface area contributed by atoms with Crippen LogP contribution in [0.4, 0.5) is 0 Å². The van der Waals surface area contributed by atoms with Crippen LogP contribution in [0.25, 0.3) is 0 Å². The lowest BCUT2D eigenvalue weighted by Gasteiger charge is -2.32. The summed E-state index contributed by atoms with van der Waals surface area (Å²) in [7, 11) is -3.10. The Hall–Kier alpha value is -0.170. The minimum Gasteiger partial charge on any atom is -0.373 e. The molecule has 2 fully saturated rings. The highest BCUT2D eigenvalue weighted by atomic mass is 32.2. The van der Waals surface area contributed by atoms with Crippen molar-refractivity contribution < 1.29 is 13.2 Å². The first kappa shape index (κ1) is 12.3. The average molecular weight is 248 g/mol. The Balaban J connectivity index is 1.92. The topological polar surface area (TPSA) is 67.4 Å². The van der Waals surface area contributed by atoms with Crippen LogP contribution in [-0.2, 0) is 14.8 Å². The van der Waals surface area contributed by atoms with E-state index in [0.717, 1.165) is 32.4 Å². The molecule has 2 aliphatic rings. The summed E-state index contributed by atoms with van der Waals surface area (Å²) in [6.45, 7) is 4.10. The van der Waals surface area contributed by atoms with Crippen molar-refractivity contribution >= 4 is 10.0 Å². The molecule has 1 spiro atoms. The lowest BCUT2D eigenvalue weighted by atomic mass is 9.88. The van der Waals surface area contributed by atoms with E-state index in [9.17, 15) is 8.42 Å². The van der Waals surface area contributed by atoms with E-state index in [-0.39, 0.29) is 17.4 Å². The summed E-state index contributed by atoms with van der Waals surface area (Å²) in [6.07, 6.45) is 2.78. The second-order valence-corrected chi connectivity index (χ2v) is 6.71. The molecule has 2 N–H and O–H groups in total. The molecule has 0 aromatic rings. The van der Waals surface area contributed by atoms with E-state index in [2.05, 4.69) is 10.0 Å². The Bertz CT molecular complexity index is 336. The van der Waals surface area contributed by atoms with Crippen LogP contribution in [0.1, 0.15) is 26.2 Å². The van der Waals surface area contributed by atoms with Crippen molar-refractivity contribution in [1.82, 2.24) is 10.0 Å². The van der Waals surface area contributed by atoms with E-state index in [1.807, 2.05) is 0 Å². The van der Waals surface area contributed by atoms with E-state index >= 15 is 0 Å². The molecular formula is C10H20N2O3S. The summed E-state index contributed by atoms with van der Waals surface area (Å²) >= 11 is 0. The molecule has 94 valence electrons. The maximum Gasteiger partial charge on any atom is 0.211 e. The Labute approximate surface area is 97.0 Å². The predicted molar refractivity (Wildman–Crippen MR) is 61.8 cm³/mol. The first-order chi connectivity index (χ1) is 7.55. The van der Waals surface area contributed by atoms with Gasteiger partial charge in [-0.15, -0.1) is 0 Å². The van der Waals surface area contributed by atoms with E-state index in [0.29, 0.717) is 6.61 Å². The predicted octanol–water partition coefficient (Wildman–Crippen LogP) is -0.163. The summed E-state index contributed by atoms with van der Waals surface area (Å²) < 4.78 is 31.4. The molecule has 0 aliphatic carbocycles. The largest absolute Gasteiger partial charge is 0.373 e. The molecule has 0 aromatic heterocycles. The van der Waals surface area contributed by atoms with Crippen molar-refractivity contribution in [3.05, 3.63) is 0 Å². The van der Waals surface area contributed by atoms with E-state index in [1.54, 1.807) is 6.92 Å². The normalized spacial score (nSPS) is 29.7. The highest BCUT2D eigenvalue weighted by Gasteiger charge is 2.41. The quantitative estimate of drug-likeness (QED) is 0.728. The maximum atomic E-state index is 11.4. The highest BCUT2D eigenvalue weighted by Crippen LogP contribution is 2.34. The van der Waals surface area contributed by atoms with Crippen molar-refractivity contribution in [1.29, 1.82) is 0 Å². The van der Waals surface area contributed by atoms with Crippen LogP contribution in [-0.4, -0.2) is 45.5 Å². The van der Waals surface area contributed by atoms with Gasteiger partial charge in [0.2, 0.25) is 10.0 Å². The van der Waals surface area contributed by atoms with Gasteiger partial charge in [0, 0.05) is 6.04 Å². The first-order valence-corrected chi connectivity index (χ1v) is 7.55. The third-order valence-electron chi connectivity index (χ3n) is 3.45. The van der Waals surface area contributed by atoms with Gasteiger partial charge in [-0.3, -0.25) is 0 Å². The van der Waals surface area contributed by atoms with Crippen LogP contribution < -0.4 is 10.0 Å². The molecule has 0 amide bonds. The Kier molecular flexibility index (Phi) is 3.53. The monoisotopic (exact) mass is 248 g/mol. The van der Waals surface area contributed by atoms with Gasteiger partial charge in [-0.2, -0.15) is 0 Å². The SMILES string of the molecule is CCS(=O)(=O)NC1COC2(CCNCC2)C1. The second kappa shape index (κ2) is 4.60. The third kappa shape index (κ3) is 2.74. The number of piperidine rings is 1. The zero-order valence-corrected chi connectivity index (χ0v) is 10.5. The average Bonchev–Trinajstić information content (AvgIpc) is 2.62. The molecule has 1 atom stereocenters. The zero-order valence-electron chi connectivity index (χ0n) is 9.66. The Morgan fingerprint density at radius 1 is 1.44 bits per heavy atom. The fraction of sp³-hybridized carbons (Fsp3) is 1.00. The number of hydrogen-bond donors (Lipinski definition) is 2. The highest BCUT2D eigenvalue weighted by molar-refractivity contribution is 7.89. The third-order valence-corrected chi connectivity index (χ3v) is 4.90. The van der Waals surface area contributed by atoms with Crippen LogP contribution in [0.5, 0.6) is 0 Å². The minimum atomic E-state index is -3.10. The Morgan fingerprint density at radius 3 is 2.75 bits per heavy atom. The van der Waals surface area contributed by atoms with Crippen LogP contribution in [0.15, 0.2) is 0 Å². The van der Waals surface area contributed by atoms with E-state index < -0.39 is 10.0 Å². The van der Waals surface area contributed by atoms with Crippen molar-refractivity contribution in [2.24, 2.45) is 0 Å². The lowest BCUT2D eigenvalue weighted by molar-refractivity contribution is -0.0193. The van der Waals surface area contributed by atoms with Crippen LogP contribution in [0.3, 0.4) is 0 Å².